The summed E-state index contributed by atoms with van der Waals surface area (Å²) in [7, 11) is 3.45. The van der Waals surface area contributed by atoms with Gasteiger partial charge in [0.2, 0.25) is 5.91 Å². The van der Waals surface area contributed by atoms with E-state index < -0.39 is 12.1 Å². The maximum atomic E-state index is 14.0. The van der Waals surface area contributed by atoms with Crippen LogP contribution in [0.2, 0.25) is 0 Å². The number of fused-ring (bicyclic) bond motifs is 1. The van der Waals surface area contributed by atoms with Gasteiger partial charge >= 0.3 is 0 Å². The van der Waals surface area contributed by atoms with E-state index in [2.05, 4.69) is 16.4 Å². The maximum absolute atomic E-state index is 14.0. The van der Waals surface area contributed by atoms with Crippen LogP contribution in [-0.2, 0) is 18.4 Å². The lowest BCUT2D eigenvalue weighted by Gasteiger charge is -2.23. The molecule has 0 bridgehead atoms. The average Bonchev–Trinajstić information content (AvgIpc) is 3.52. The lowest BCUT2D eigenvalue weighted by Crippen LogP contribution is -2.33. The third kappa shape index (κ3) is 4.45. The highest BCUT2D eigenvalue weighted by Crippen LogP contribution is 2.38. The van der Waals surface area contributed by atoms with Gasteiger partial charge in [0.1, 0.15) is 23.3 Å². The Labute approximate surface area is 208 Å². The van der Waals surface area contributed by atoms with Crippen molar-refractivity contribution in [2.45, 2.75) is 26.1 Å². The van der Waals surface area contributed by atoms with Crippen LogP contribution in [0.5, 0.6) is 5.75 Å². The number of hydrogen-bond donors (Lipinski definition) is 1. The Bertz CT molecular complexity index is 1490. The van der Waals surface area contributed by atoms with Crippen LogP contribution in [0.25, 0.3) is 11.0 Å². The van der Waals surface area contributed by atoms with Crippen LogP contribution in [0.1, 0.15) is 23.1 Å². The van der Waals surface area contributed by atoms with Crippen molar-refractivity contribution >= 4 is 34.3 Å². The molecule has 0 unspecified atom stereocenters. The lowest BCUT2D eigenvalue weighted by atomic mass is 10.1. The minimum atomic E-state index is -1.15. The van der Waals surface area contributed by atoms with E-state index in [1.54, 1.807) is 25.6 Å². The Morgan fingerprint density at radius 3 is 2.69 bits per heavy atom. The number of pyridine rings is 1. The molecule has 1 saturated carbocycles. The van der Waals surface area contributed by atoms with Gasteiger partial charge < -0.3 is 14.6 Å². The summed E-state index contributed by atoms with van der Waals surface area (Å²) in [6, 6.07) is 16.7. The quantitative estimate of drug-likeness (QED) is 0.405. The van der Waals surface area contributed by atoms with Crippen LogP contribution < -0.4 is 15.0 Å². The molecule has 1 aliphatic carbocycles. The van der Waals surface area contributed by atoms with Crippen molar-refractivity contribution < 1.29 is 13.9 Å². The summed E-state index contributed by atoms with van der Waals surface area (Å²) in [5.41, 5.74) is 4.34. The number of benzene rings is 2. The van der Waals surface area contributed by atoms with Crippen LogP contribution in [-0.4, -0.2) is 33.7 Å². The molecule has 2 heterocycles. The van der Waals surface area contributed by atoms with E-state index in [-0.39, 0.29) is 18.9 Å². The summed E-state index contributed by atoms with van der Waals surface area (Å²) in [4.78, 5) is 24.2. The van der Waals surface area contributed by atoms with Gasteiger partial charge in [-0.3, -0.25) is 9.69 Å². The predicted molar refractivity (Wildman–Crippen MR) is 135 cm³/mol. The Hall–Kier alpha value is -4.45. The first-order chi connectivity index (χ1) is 17.4. The number of imidazole rings is 1. The van der Waals surface area contributed by atoms with Crippen molar-refractivity contribution in [1.82, 2.24) is 14.5 Å². The molecule has 1 fully saturated rings. The third-order valence-corrected chi connectivity index (χ3v) is 6.37. The van der Waals surface area contributed by atoms with Gasteiger partial charge in [0.15, 0.2) is 5.82 Å². The van der Waals surface area contributed by atoms with Gasteiger partial charge in [-0.2, -0.15) is 5.26 Å². The summed E-state index contributed by atoms with van der Waals surface area (Å²) in [6.07, 6.45) is 0.723. The zero-order chi connectivity index (χ0) is 25.4. The molecule has 1 N–H and O–H groups in total. The second-order valence-electron chi connectivity index (χ2n) is 8.95. The summed E-state index contributed by atoms with van der Waals surface area (Å²) in [5, 5.41) is 12.6. The number of carbonyl (C=O) groups excluding carboxylic acids is 1. The molecule has 2 aromatic heterocycles. The first kappa shape index (κ1) is 23.3. The number of nitrogens with zero attached hydrogens (tertiary/aromatic N) is 5. The number of ether oxygens (including phenoxy) is 1. The largest absolute Gasteiger partial charge is 0.497 e. The molecular weight excluding hydrogens is 459 g/mol. The summed E-state index contributed by atoms with van der Waals surface area (Å²) in [5.74, 6) is 0.533. The SMILES string of the molecule is COc1ccc(CN(C(=O)[C@H]2C[C@H]2F)c2nc(Nc3cc(C#N)ccc3C)cc3c2ncn3C)cc1. The molecule has 182 valence electrons. The molecule has 2 aromatic carbocycles. The van der Waals surface area contributed by atoms with Crippen LogP contribution in [0.15, 0.2) is 54.9 Å². The van der Waals surface area contributed by atoms with E-state index in [9.17, 15) is 14.4 Å². The van der Waals surface area contributed by atoms with Crippen molar-refractivity contribution in [3.05, 3.63) is 71.5 Å². The second-order valence-corrected chi connectivity index (χ2v) is 8.95. The van der Waals surface area contributed by atoms with Crippen molar-refractivity contribution in [2.75, 3.05) is 17.3 Å². The van der Waals surface area contributed by atoms with E-state index in [1.165, 1.54) is 4.90 Å². The molecule has 0 saturated heterocycles. The fraction of sp³-hybridized carbons (Fsp3) is 0.259. The summed E-state index contributed by atoms with van der Waals surface area (Å²) >= 11 is 0. The van der Waals surface area contributed by atoms with Crippen LogP contribution in [0.4, 0.5) is 21.7 Å². The van der Waals surface area contributed by atoms with E-state index >= 15 is 0 Å². The van der Waals surface area contributed by atoms with Gasteiger partial charge in [-0.15, -0.1) is 0 Å². The number of aromatic nitrogens is 3. The molecule has 0 radical (unpaired) electrons. The molecule has 5 rings (SSSR count). The molecule has 2 atom stereocenters. The molecule has 1 aliphatic rings. The zero-order valence-electron chi connectivity index (χ0n) is 20.2. The monoisotopic (exact) mass is 484 g/mol. The van der Waals surface area contributed by atoms with E-state index in [0.29, 0.717) is 28.5 Å². The molecule has 0 aliphatic heterocycles. The first-order valence-corrected chi connectivity index (χ1v) is 11.6. The highest BCUT2D eigenvalue weighted by molar-refractivity contribution is 6.03. The normalized spacial score (nSPS) is 16.4. The number of rotatable bonds is 7. The lowest BCUT2D eigenvalue weighted by molar-refractivity contribution is -0.120. The molecule has 0 spiro atoms. The van der Waals surface area contributed by atoms with Gasteiger partial charge in [-0.25, -0.2) is 14.4 Å². The van der Waals surface area contributed by atoms with Gasteiger partial charge in [-0.05, 0) is 48.7 Å². The molecule has 1 amide bonds. The zero-order valence-corrected chi connectivity index (χ0v) is 20.2. The number of alkyl halides is 1. The van der Waals surface area contributed by atoms with Gasteiger partial charge in [-0.1, -0.05) is 18.2 Å². The smallest absolute Gasteiger partial charge is 0.234 e. The number of aryl methyl sites for hydroxylation is 2. The number of methoxy groups -OCH3 is 1. The number of halogens is 1. The minimum Gasteiger partial charge on any atom is -0.497 e. The van der Waals surface area contributed by atoms with Crippen molar-refractivity contribution in [1.29, 1.82) is 5.26 Å². The molecular formula is C27H25FN6O2. The van der Waals surface area contributed by atoms with Crippen LogP contribution >= 0.6 is 0 Å². The summed E-state index contributed by atoms with van der Waals surface area (Å²) < 4.78 is 21.1. The summed E-state index contributed by atoms with van der Waals surface area (Å²) in [6.45, 7) is 2.14. The predicted octanol–water partition coefficient (Wildman–Crippen LogP) is 4.79. The van der Waals surface area contributed by atoms with Crippen molar-refractivity contribution in [2.24, 2.45) is 13.0 Å². The molecule has 9 heteroatoms. The topological polar surface area (TPSA) is 96.1 Å². The Morgan fingerprint density at radius 1 is 1.28 bits per heavy atom. The van der Waals surface area contributed by atoms with Crippen LogP contribution in [0, 0.1) is 24.2 Å². The van der Waals surface area contributed by atoms with E-state index in [0.717, 1.165) is 22.3 Å². The standard InChI is InChI=1S/C27H25FN6O2/c1-16-4-5-18(13-29)10-22(16)31-24-12-23-25(30-15-33(23)2)26(32-24)34(27(35)20-11-21(20)28)14-17-6-8-19(36-3)9-7-17/h4-10,12,15,20-21H,11,14H2,1-3H3,(H,31,32)/t20-,21+/m0/s1. The molecule has 36 heavy (non-hydrogen) atoms. The number of carbonyl (C=O) groups is 1. The number of hydrogen-bond acceptors (Lipinski definition) is 6. The van der Waals surface area contributed by atoms with E-state index in [1.807, 2.05) is 54.9 Å². The van der Waals surface area contributed by atoms with Crippen molar-refractivity contribution in [3.63, 3.8) is 0 Å². The Kier molecular flexibility index (Phi) is 6.02. The number of nitrogens with one attached hydrogen (secondary N) is 1. The van der Waals surface area contributed by atoms with Gasteiger partial charge in [0.05, 0.1) is 43.0 Å². The first-order valence-electron chi connectivity index (χ1n) is 11.6. The Balaban J connectivity index is 1.60. The molecule has 4 aromatic rings. The number of nitriles is 1. The Morgan fingerprint density at radius 2 is 2.03 bits per heavy atom. The fourth-order valence-electron chi connectivity index (χ4n) is 4.12. The second kappa shape index (κ2) is 9.30. The highest BCUT2D eigenvalue weighted by atomic mass is 19.1. The minimum absolute atomic E-state index is 0.205. The van der Waals surface area contributed by atoms with Gasteiger partial charge in [0, 0.05) is 18.8 Å². The number of amides is 1. The van der Waals surface area contributed by atoms with E-state index in [4.69, 9.17) is 9.72 Å². The maximum Gasteiger partial charge on any atom is 0.234 e. The van der Waals surface area contributed by atoms with Crippen molar-refractivity contribution in [3.8, 4) is 11.8 Å². The fourth-order valence-corrected chi connectivity index (χ4v) is 4.12. The highest BCUT2D eigenvalue weighted by Gasteiger charge is 2.46. The van der Waals surface area contributed by atoms with Crippen LogP contribution in [0.3, 0.4) is 0 Å². The third-order valence-electron chi connectivity index (χ3n) is 6.37. The average molecular weight is 485 g/mol. The number of anilines is 3. The van der Waals surface area contributed by atoms with Gasteiger partial charge in [0.25, 0.3) is 0 Å². The molecule has 8 nitrogen and oxygen atoms in total.